The summed E-state index contributed by atoms with van der Waals surface area (Å²) < 4.78 is 0. The Balaban J connectivity index is 2.57. The van der Waals surface area contributed by atoms with Crippen molar-refractivity contribution in [2.75, 3.05) is 5.43 Å². The minimum atomic E-state index is -1.02. The number of carboxylic acid groups (broad SMARTS) is 1. The highest BCUT2D eigenvalue weighted by atomic mass is 16.4. The van der Waals surface area contributed by atoms with E-state index >= 15 is 0 Å². The molecule has 2 N–H and O–H groups in total. The molecule has 0 atom stereocenters. The third-order valence-corrected chi connectivity index (χ3v) is 2.67. The number of para-hydroxylation sites is 1. The molecular weight excluding hydrogens is 216 g/mol. The zero-order chi connectivity index (χ0) is 12.4. The predicted molar refractivity (Wildman–Crippen MR) is 68.0 cm³/mol. The molecule has 0 amide bonds. The van der Waals surface area contributed by atoms with Gasteiger partial charge in [-0.05, 0) is 23.6 Å². The molecule has 0 aliphatic carbocycles. The lowest BCUT2D eigenvalue weighted by molar-refractivity contribution is -0.129. The second-order valence-corrected chi connectivity index (χ2v) is 4.21. The van der Waals surface area contributed by atoms with Gasteiger partial charge in [-0.2, -0.15) is 5.10 Å². The number of benzene rings is 1. The number of nitrogens with one attached hydrogen (secondary N) is 1. The summed E-state index contributed by atoms with van der Waals surface area (Å²) in [6.07, 6.45) is 1.63. The van der Waals surface area contributed by atoms with Crippen molar-refractivity contribution in [3.05, 3.63) is 35.9 Å². The van der Waals surface area contributed by atoms with Crippen LogP contribution < -0.4 is 5.43 Å². The summed E-state index contributed by atoms with van der Waals surface area (Å²) in [5.41, 5.74) is 5.65. The van der Waals surface area contributed by atoms with Crippen molar-refractivity contribution in [2.24, 2.45) is 11.0 Å². The summed E-state index contributed by atoms with van der Waals surface area (Å²) in [6, 6.07) is 7.68. The monoisotopic (exact) mass is 230 g/mol. The number of allylic oxidation sites excluding steroid dienone is 1. The van der Waals surface area contributed by atoms with Crippen molar-refractivity contribution in [1.82, 2.24) is 0 Å². The Morgan fingerprint density at radius 1 is 1.35 bits per heavy atom. The fourth-order valence-corrected chi connectivity index (χ4v) is 1.80. The Morgan fingerprint density at radius 3 is 2.71 bits per heavy atom. The van der Waals surface area contributed by atoms with Crippen LogP contribution in [0.15, 0.2) is 35.4 Å². The summed E-state index contributed by atoms with van der Waals surface area (Å²) in [5.74, 6) is -0.788. The molecule has 0 radical (unpaired) electrons. The topological polar surface area (TPSA) is 61.7 Å². The van der Waals surface area contributed by atoms with Gasteiger partial charge in [0.15, 0.2) is 5.71 Å². The number of fused-ring (bicyclic) bond motifs is 1. The van der Waals surface area contributed by atoms with Crippen LogP contribution in [0.1, 0.15) is 19.4 Å². The number of nitrogens with zero attached hydrogens (tertiary/aromatic N) is 1. The van der Waals surface area contributed by atoms with Crippen LogP contribution in [0.4, 0.5) is 5.69 Å². The molecule has 0 spiro atoms. The van der Waals surface area contributed by atoms with Crippen LogP contribution in [-0.4, -0.2) is 16.8 Å². The smallest absolute Gasteiger partial charge is 0.356 e. The number of carboxylic acids is 1. The van der Waals surface area contributed by atoms with Crippen molar-refractivity contribution in [1.29, 1.82) is 0 Å². The highest BCUT2D eigenvalue weighted by Crippen LogP contribution is 2.31. The van der Waals surface area contributed by atoms with Gasteiger partial charge >= 0.3 is 5.97 Å². The summed E-state index contributed by atoms with van der Waals surface area (Å²) in [7, 11) is 0. The molecule has 0 fully saturated rings. The number of anilines is 1. The molecule has 17 heavy (non-hydrogen) atoms. The molecule has 1 aromatic carbocycles. The SMILES string of the molecule is CC(C)C1=CC(C(=O)O)=NNc2ccccc21. The quantitative estimate of drug-likeness (QED) is 0.820. The van der Waals surface area contributed by atoms with E-state index in [2.05, 4.69) is 10.5 Å². The largest absolute Gasteiger partial charge is 0.476 e. The minimum Gasteiger partial charge on any atom is -0.476 e. The maximum atomic E-state index is 11.0. The van der Waals surface area contributed by atoms with E-state index in [9.17, 15) is 4.79 Å². The molecule has 1 aliphatic heterocycles. The lowest BCUT2D eigenvalue weighted by Gasteiger charge is -2.13. The standard InChI is InChI=1S/C13H14N2O2/c1-8(2)10-7-12(13(16)17)15-14-11-6-4-3-5-9(10)11/h3-8,14H,1-2H3,(H,16,17). The molecule has 2 rings (SSSR count). The van der Waals surface area contributed by atoms with Gasteiger partial charge in [0, 0.05) is 5.56 Å². The second kappa shape index (κ2) is 4.41. The first-order valence-electron chi connectivity index (χ1n) is 5.47. The molecule has 4 nitrogen and oxygen atoms in total. The van der Waals surface area contributed by atoms with E-state index in [1.807, 2.05) is 38.1 Å². The molecule has 1 heterocycles. The number of rotatable bonds is 2. The van der Waals surface area contributed by atoms with Crippen molar-refractivity contribution in [3.63, 3.8) is 0 Å². The molecule has 1 aliphatic rings. The van der Waals surface area contributed by atoms with Gasteiger partial charge < -0.3 is 5.11 Å². The van der Waals surface area contributed by atoms with Crippen LogP contribution in [0.5, 0.6) is 0 Å². The molecular formula is C13H14N2O2. The molecule has 0 saturated heterocycles. The van der Waals surface area contributed by atoms with E-state index in [-0.39, 0.29) is 11.6 Å². The van der Waals surface area contributed by atoms with E-state index in [0.29, 0.717) is 0 Å². The second-order valence-electron chi connectivity index (χ2n) is 4.21. The van der Waals surface area contributed by atoms with Crippen molar-refractivity contribution in [2.45, 2.75) is 13.8 Å². The van der Waals surface area contributed by atoms with Crippen LogP contribution in [0.25, 0.3) is 5.57 Å². The highest BCUT2D eigenvalue weighted by molar-refractivity contribution is 6.42. The Labute approximate surface area is 99.7 Å². The zero-order valence-electron chi connectivity index (χ0n) is 9.77. The van der Waals surface area contributed by atoms with Crippen LogP contribution in [0.2, 0.25) is 0 Å². The summed E-state index contributed by atoms with van der Waals surface area (Å²) in [6.45, 7) is 4.07. The van der Waals surface area contributed by atoms with E-state index in [4.69, 9.17) is 5.11 Å². The fraction of sp³-hybridized carbons (Fsp3) is 0.231. The number of carbonyl (C=O) groups is 1. The Hall–Kier alpha value is -2.10. The third-order valence-electron chi connectivity index (χ3n) is 2.67. The Morgan fingerprint density at radius 2 is 2.06 bits per heavy atom. The molecule has 0 bridgehead atoms. The third kappa shape index (κ3) is 2.20. The molecule has 0 unspecified atom stereocenters. The first-order valence-corrected chi connectivity index (χ1v) is 5.47. The van der Waals surface area contributed by atoms with Gasteiger partial charge in [-0.3, -0.25) is 5.43 Å². The van der Waals surface area contributed by atoms with Gasteiger partial charge in [-0.1, -0.05) is 32.0 Å². The maximum absolute atomic E-state index is 11.0. The first-order chi connectivity index (χ1) is 8.09. The lowest BCUT2D eigenvalue weighted by atomic mass is 9.93. The van der Waals surface area contributed by atoms with E-state index in [1.165, 1.54) is 0 Å². The molecule has 88 valence electrons. The van der Waals surface area contributed by atoms with Crippen LogP contribution >= 0.6 is 0 Å². The first kappa shape index (κ1) is 11.4. The van der Waals surface area contributed by atoms with Crippen molar-refractivity contribution >= 4 is 22.9 Å². The minimum absolute atomic E-state index is 0.0323. The van der Waals surface area contributed by atoms with Gasteiger partial charge in [-0.25, -0.2) is 4.79 Å². The lowest BCUT2D eigenvalue weighted by Crippen LogP contribution is -2.11. The molecule has 1 aromatic rings. The van der Waals surface area contributed by atoms with Crippen molar-refractivity contribution in [3.8, 4) is 0 Å². The van der Waals surface area contributed by atoms with E-state index < -0.39 is 5.97 Å². The average Bonchev–Trinajstić information content (AvgIpc) is 2.48. The average molecular weight is 230 g/mol. The Bertz CT molecular complexity index is 516. The summed E-state index contributed by atoms with van der Waals surface area (Å²) >= 11 is 0. The van der Waals surface area contributed by atoms with Crippen LogP contribution in [0.3, 0.4) is 0 Å². The van der Waals surface area contributed by atoms with Crippen LogP contribution in [-0.2, 0) is 4.79 Å². The fourth-order valence-electron chi connectivity index (χ4n) is 1.80. The summed E-state index contributed by atoms with van der Waals surface area (Å²) in [5, 5.41) is 12.9. The molecule has 4 heteroatoms. The van der Waals surface area contributed by atoms with Gasteiger partial charge in [0.2, 0.25) is 0 Å². The van der Waals surface area contributed by atoms with Gasteiger partial charge in [0.25, 0.3) is 0 Å². The van der Waals surface area contributed by atoms with Gasteiger partial charge in [0.05, 0.1) is 5.69 Å². The van der Waals surface area contributed by atoms with Crippen LogP contribution in [0, 0.1) is 5.92 Å². The van der Waals surface area contributed by atoms with Gasteiger partial charge in [-0.15, -0.1) is 0 Å². The maximum Gasteiger partial charge on any atom is 0.356 e. The zero-order valence-corrected chi connectivity index (χ0v) is 9.77. The van der Waals surface area contributed by atoms with E-state index in [0.717, 1.165) is 16.8 Å². The number of hydrogen-bond acceptors (Lipinski definition) is 3. The predicted octanol–water partition coefficient (Wildman–Crippen LogP) is 2.59. The number of aliphatic carboxylic acids is 1. The van der Waals surface area contributed by atoms with E-state index in [1.54, 1.807) is 6.08 Å². The normalized spacial score (nSPS) is 14.3. The molecule has 0 aromatic heterocycles. The van der Waals surface area contributed by atoms with Crippen molar-refractivity contribution < 1.29 is 9.90 Å². The highest BCUT2D eigenvalue weighted by Gasteiger charge is 2.17. The number of hydrogen-bond donors (Lipinski definition) is 2. The van der Waals surface area contributed by atoms with Gasteiger partial charge in [0.1, 0.15) is 0 Å². The molecule has 0 saturated carbocycles. The summed E-state index contributed by atoms with van der Waals surface area (Å²) in [4.78, 5) is 11.0. The number of hydrazone groups is 1. The Kier molecular flexibility index (Phi) is 2.95.